The molecule has 0 bridgehead atoms. The van der Waals surface area contributed by atoms with Crippen LogP contribution in [0.3, 0.4) is 0 Å². The molecule has 1 amide bonds. The molecule has 8 heteroatoms. The Bertz CT molecular complexity index is 684. The zero-order valence-electron chi connectivity index (χ0n) is 17.5. The van der Waals surface area contributed by atoms with Crippen LogP contribution < -0.4 is 10.2 Å². The topological polar surface area (TPSA) is 89.9 Å². The van der Waals surface area contributed by atoms with E-state index >= 15 is 0 Å². The van der Waals surface area contributed by atoms with Crippen molar-refractivity contribution in [1.29, 1.82) is 0 Å². The van der Waals surface area contributed by atoms with Gasteiger partial charge in [-0.2, -0.15) is 0 Å². The van der Waals surface area contributed by atoms with Crippen molar-refractivity contribution in [2.45, 2.75) is 64.9 Å². The standard InChI is InChI=1S/C21H32BFN2O4/c1-4-5-15(21(27)24-20(22(28)29)12-14(2)3)13-19(26)18-10-11-25(18)17-8-6-16(23)7-9-17/h6-9,14-15,18,20,28-29H,4-5,10-13H2,1-3H3,(H,24,27). The second kappa shape index (κ2) is 10.7. The van der Waals surface area contributed by atoms with E-state index in [9.17, 15) is 24.0 Å². The van der Waals surface area contributed by atoms with E-state index in [-0.39, 0.29) is 35.9 Å². The third-order valence-electron chi connectivity index (χ3n) is 5.42. The van der Waals surface area contributed by atoms with Gasteiger partial charge in [0.1, 0.15) is 5.82 Å². The van der Waals surface area contributed by atoms with Crippen LogP contribution in [0.1, 0.15) is 52.9 Å². The van der Waals surface area contributed by atoms with Gasteiger partial charge in [0.25, 0.3) is 0 Å². The third-order valence-corrected chi connectivity index (χ3v) is 5.42. The molecule has 1 aromatic carbocycles. The summed E-state index contributed by atoms with van der Waals surface area (Å²) in [6, 6.07) is 5.76. The number of hydrogen-bond donors (Lipinski definition) is 3. The average Bonchev–Trinajstić information content (AvgIpc) is 2.61. The molecule has 0 aliphatic carbocycles. The molecule has 1 aliphatic rings. The van der Waals surface area contributed by atoms with Crippen LogP contribution in [-0.2, 0) is 9.59 Å². The maximum absolute atomic E-state index is 13.1. The monoisotopic (exact) mass is 406 g/mol. The number of nitrogens with zero attached hydrogens (tertiary/aromatic N) is 1. The van der Waals surface area contributed by atoms with Gasteiger partial charge in [-0.25, -0.2) is 4.39 Å². The zero-order chi connectivity index (χ0) is 21.6. The summed E-state index contributed by atoms with van der Waals surface area (Å²) in [7, 11) is -1.64. The first-order valence-corrected chi connectivity index (χ1v) is 10.4. The maximum atomic E-state index is 13.1. The lowest BCUT2D eigenvalue weighted by atomic mass is 9.74. The molecule has 2 rings (SSSR count). The Morgan fingerprint density at radius 3 is 2.41 bits per heavy atom. The number of halogens is 1. The molecule has 0 saturated carbocycles. The number of amides is 1. The van der Waals surface area contributed by atoms with Gasteiger partial charge in [-0.05, 0) is 49.4 Å². The fourth-order valence-corrected chi connectivity index (χ4v) is 3.78. The normalized spacial score (nSPS) is 18.2. The fraction of sp³-hybridized carbons (Fsp3) is 0.619. The summed E-state index contributed by atoms with van der Waals surface area (Å²) in [4.78, 5) is 27.5. The average molecular weight is 406 g/mol. The summed E-state index contributed by atoms with van der Waals surface area (Å²) in [5, 5.41) is 21.8. The molecule has 3 atom stereocenters. The van der Waals surface area contributed by atoms with Crippen LogP contribution in [0.4, 0.5) is 10.1 Å². The molecule has 160 valence electrons. The predicted octanol–water partition coefficient (Wildman–Crippen LogP) is 2.32. The molecule has 1 aliphatic heterocycles. The predicted molar refractivity (Wildman–Crippen MR) is 112 cm³/mol. The van der Waals surface area contributed by atoms with Crippen molar-refractivity contribution >= 4 is 24.5 Å². The van der Waals surface area contributed by atoms with Crippen molar-refractivity contribution in [1.82, 2.24) is 5.32 Å². The summed E-state index contributed by atoms with van der Waals surface area (Å²) in [5.41, 5.74) is 0.799. The zero-order valence-corrected chi connectivity index (χ0v) is 17.5. The molecular weight excluding hydrogens is 374 g/mol. The number of rotatable bonds is 11. The lowest BCUT2D eigenvalue weighted by molar-refractivity contribution is -0.131. The number of Topliss-reactive ketones (excluding diaryl/α,β-unsaturated/α-hetero) is 1. The number of hydrogen-bond acceptors (Lipinski definition) is 5. The number of nitrogens with one attached hydrogen (secondary N) is 1. The highest BCUT2D eigenvalue weighted by molar-refractivity contribution is 6.43. The largest absolute Gasteiger partial charge is 0.475 e. The van der Waals surface area contributed by atoms with E-state index in [0.29, 0.717) is 19.3 Å². The highest BCUT2D eigenvalue weighted by Gasteiger charge is 2.37. The van der Waals surface area contributed by atoms with E-state index < -0.39 is 19.0 Å². The number of benzene rings is 1. The van der Waals surface area contributed by atoms with Gasteiger partial charge in [-0.3, -0.25) is 9.59 Å². The van der Waals surface area contributed by atoms with Gasteiger partial charge in [0.2, 0.25) is 5.91 Å². The smallest absolute Gasteiger partial charge is 0.426 e. The molecule has 0 spiro atoms. The molecule has 6 nitrogen and oxygen atoms in total. The minimum absolute atomic E-state index is 0.0147. The van der Waals surface area contributed by atoms with Crippen molar-refractivity contribution in [3.63, 3.8) is 0 Å². The van der Waals surface area contributed by atoms with Crippen LogP contribution >= 0.6 is 0 Å². The van der Waals surface area contributed by atoms with Gasteiger partial charge >= 0.3 is 7.12 Å². The minimum Gasteiger partial charge on any atom is -0.426 e. The van der Waals surface area contributed by atoms with Crippen LogP contribution in [0, 0.1) is 17.7 Å². The highest BCUT2D eigenvalue weighted by Crippen LogP contribution is 2.29. The molecule has 0 aromatic heterocycles. The lowest BCUT2D eigenvalue weighted by Crippen LogP contribution is -2.54. The quantitative estimate of drug-likeness (QED) is 0.491. The van der Waals surface area contributed by atoms with E-state index in [2.05, 4.69) is 5.32 Å². The van der Waals surface area contributed by atoms with Gasteiger partial charge < -0.3 is 20.3 Å². The van der Waals surface area contributed by atoms with Gasteiger partial charge in [0.15, 0.2) is 5.78 Å². The molecule has 3 N–H and O–H groups in total. The van der Waals surface area contributed by atoms with Crippen molar-refractivity contribution in [3.05, 3.63) is 30.1 Å². The summed E-state index contributed by atoms with van der Waals surface area (Å²) < 4.78 is 13.1. The van der Waals surface area contributed by atoms with Crippen LogP contribution in [-0.4, -0.2) is 47.4 Å². The SMILES string of the molecule is CCCC(CC(=O)C1CCN1c1ccc(F)cc1)C(=O)NC(CC(C)C)B(O)O. The van der Waals surface area contributed by atoms with Crippen LogP contribution in [0.5, 0.6) is 0 Å². The summed E-state index contributed by atoms with van der Waals surface area (Å²) in [6.45, 7) is 6.55. The Morgan fingerprint density at radius 1 is 1.28 bits per heavy atom. The van der Waals surface area contributed by atoms with Gasteiger partial charge in [0, 0.05) is 24.6 Å². The fourth-order valence-electron chi connectivity index (χ4n) is 3.78. The molecule has 1 aromatic rings. The molecule has 0 radical (unpaired) electrons. The summed E-state index contributed by atoms with van der Waals surface area (Å²) in [5.74, 6) is -1.72. The lowest BCUT2D eigenvalue weighted by Gasteiger charge is -2.42. The Labute approximate surface area is 172 Å². The van der Waals surface area contributed by atoms with Crippen molar-refractivity contribution in [2.24, 2.45) is 11.8 Å². The minimum atomic E-state index is -1.64. The van der Waals surface area contributed by atoms with E-state index in [1.807, 2.05) is 25.7 Å². The van der Waals surface area contributed by atoms with Crippen molar-refractivity contribution in [2.75, 3.05) is 11.4 Å². The third kappa shape index (κ3) is 6.54. The number of ketones is 1. The van der Waals surface area contributed by atoms with E-state index in [0.717, 1.165) is 18.7 Å². The molecule has 3 unspecified atom stereocenters. The molecule has 29 heavy (non-hydrogen) atoms. The second-order valence-electron chi connectivity index (χ2n) is 8.29. The van der Waals surface area contributed by atoms with E-state index in [1.54, 1.807) is 12.1 Å². The van der Waals surface area contributed by atoms with Crippen LogP contribution in [0.2, 0.25) is 0 Å². The van der Waals surface area contributed by atoms with E-state index in [1.165, 1.54) is 12.1 Å². The number of anilines is 1. The summed E-state index contributed by atoms with van der Waals surface area (Å²) in [6.07, 6.45) is 2.56. The highest BCUT2D eigenvalue weighted by atomic mass is 19.1. The first-order chi connectivity index (χ1) is 13.7. The van der Waals surface area contributed by atoms with Gasteiger partial charge in [-0.1, -0.05) is 27.2 Å². The number of carbonyl (C=O) groups excluding carboxylic acids is 2. The Kier molecular flexibility index (Phi) is 8.65. The molecule has 1 saturated heterocycles. The Hall–Kier alpha value is -1.93. The number of carbonyl (C=O) groups is 2. The van der Waals surface area contributed by atoms with Gasteiger partial charge in [-0.15, -0.1) is 0 Å². The first kappa shape index (κ1) is 23.4. The Morgan fingerprint density at radius 2 is 1.93 bits per heavy atom. The molecule has 1 heterocycles. The molecular formula is C21H32BFN2O4. The first-order valence-electron chi connectivity index (χ1n) is 10.4. The Balaban J connectivity index is 2.00. The summed E-state index contributed by atoms with van der Waals surface area (Å²) >= 11 is 0. The van der Waals surface area contributed by atoms with Crippen molar-refractivity contribution in [3.8, 4) is 0 Å². The molecule has 1 fully saturated rings. The van der Waals surface area contributed by atoms with Crippen LogP contribution in [0.15, 0.2) is 24.3 Å². The van der Waals surface area contributed by atoms with Crippen molar-refractivity contribution < 1.29 is 24.0 Å². The second-order valence-corrected chi connectivity index (χ2v) is 8.29. The van der Waals surface area contributed by atoms with E-state index in [4.69, 9.17) is 0 Å². The van der Waals surface area contributed by atoms with Gasteiger partial charge in [0.05, 0.1) is 12.0 Å². The maximum Gasteiger partial charge on any atom is 0.475 e. The van der Waals surface area contributed by atoms with Crippen LogP contribution in [0.25, 0.3) is 0 Å².